The quantitative estimate of drug-likeness (QED) is 0.444. The predicted octanol–water partition coefficient (Wildman–Crippen LogP) is 3.56. The van der Waals surface area contributed by atoms with Gasteiger partial charge in [0, 0.05) is 18.2 Å². The van der Waals surface area contributed by atoms with Crippen LogP contribution in [0.1, 0.15) is 25.3 Å². The van der Waals surface area contributed by atoms with Gasteiger partial charge in [0.2, 0.25) is 0 Å². The Morgan fingerprint density at radius 1 is 1.04 bits per heavy atom. The molecular weight excluding hydrogens is 324 g/mol. The van der Waals surface area contributed by atoms with Gasteiger partial charge in [-0.05, 0) is 12.0 Å². The molecule has 6 heteroatoms. The number of ether oxygens (including phenoxy) is 1. The number of hydrogen-bond acceptors (Lipinski definition) is 4. The highest BCUT2D eigenvalue weighted by Gasteiger charge is 1.91. The molecule has 0 saturated heterocycles. The fourth-order valence-corrected chi connectivity index (χ4v) is 1.11. The minimum absolute atomic E-state index is 0.330. The zero-order valence-corrected chi connectivity index (χ0v) is 14.3. The van der Waals surface area contributed by atoms with Gasteiger partial charge in [0.05, 0.1) is 6.61 Å². The van der Waals surface area contributed by atoms with Gasteiger partial charge < -0.3 is 14.9 Å². The molecule has 1 aromatic carbocycles. The molecule has 1 rings (SSSR count). The van der Waals surface area contributed by atoms with Gasteiger partial charge in [-0.25, -0.2) is 14.4 Å². The maximum absolute atomic E-state index is 10.3. The van der Waals surface area contributed by atoms with Crippen LogP contribution in [0.3, 0.4) is 0 Å². The van der Waals surface area contributed by atoms with Crippen LogP contribution in [0.4, 0.5) is 0 Å². The molecule has 0 atom stereocenters. The second-order valence-corrected chi connectivity index (χ2v) is 4.35. The number of rotatable bonds is 7. The Hall–Kier alpha value is -3.15. The Balaban J connectivity index is 0. The molecule has 0 aliphatic heterocycles. The second kappa shape index (κ2) is 17.2. The number of carbonyl (C=O) groups excluding carboxylic acids is 1. The van der Waals surface area contributed by atoms with Crippen LogP contribution >= 0.6 is 0 Å². The molecule has 0 aliphatic carbocycles. The van der Waals surface area contributed by atoms with Crippen molar-refractivity contribution in [3.05, 3.63) is 67.3 Å². The van der Waals surface area contributed by atoms with Gasteiger partial charge in [0.15, 0.2) is 0 Å². The van der Waals surface area contributed by atoms with E-state index >= 15 is 0 Å². The van der Waals surface area contributed by atoms with Crippen LogP contribution in [0.5, 0.6) is 0 Å². The highest BCUT2D eigenvalue weighted by atomic mass is 16.5. The van der Waals surface area contributed by atoms with Crippen LogP contribution in [0, 0.1) is 0 Å². The molecule has 0 aromatic heterocycles. The van der Waals surface area contributed by atoms with Gasteiger partial charge >= 0.3 is 17.9 Å². The molecule has 0 fully saturated rings. The van der Waals surface area contributed by atoms with E-state index in [0.29, 0.717) is 18.8 Å². The molecule has 0 amide bonds. The average Bonchev–Trinajstić information content (AvgIpc) is 2.61. The standard InChI is InChI=1S/C8H8.C7H12O2.C4H4O4/c1-2-8-6-4-3-5-7-8;1-3-5-6-9-7(8)4-2;5-3(6)1-2-4(7)8/h2-7H,1H2;4H,2-3,5-6H2,1H3;1-2H,(H,5,6)(H,7,8)/b;;2-1-. The van der Waals surface area contributed by atoms with Crippen molar-refractivity contribution in [3.8, 4) is 0 Å². The van der Waals surface area contributed by atoms with E-state index in [1.54, 1.807) is 0 Å². The third-order valence-electron chi connectivity index (χ3n) is 2.31. The van der Waals surface area contributed by atoms with Crippen LogP contribution in [0.2, 0.25) is 0 Å². The minimum atomic E-state index is -1.26. The van der Waals surface area contributed by atoms with Gasteiger partial charge in [-0.1, -0.05) is 62.9 Å². The third kappa shape index (κ3) is 20.9. The Morgan fingerprint density at radius 3 is 1.88 bits per heavy atom. The number of hydrogen-bond donors (Lipinski definition) is 2. The normalized spacial score (nSPS) is 8.84. The lowest BCUT2D eigenvalue weighted by Gasteiger charge is -1.97. The number of aliphatic carboxylic acids is 2. The first-order valence-corrected chi connectivity index (χ1v) is 7.47. The summed E-state index contributed by atoms with van der Waals surface area (Å²) < 4.78 is 4.67. The van der Waals surface area contributed by atoms with Crippen LogP contribution < -0.4 is 0 Å². The lowest BCUT2D eigenvalue weighted by molar-refractivity contribution is -0.138. The Bertz CT molecular complexity index is 545. The molecule has 2 N–H and O–H groups in total. The molecule has 136 valence electrons. The van der Waals surface area contributed by atoms with E-state index in [2.05, 4.69) is 17.9 Å². The summed E-state index contributed by atoms with van der Waals surface area (Å²) in [4.78, 5) is 29.5. The summed E-state index contributed by atoms with van der Waals surface area (Å²) in [5.74, 6) is -2.84. The van der Waals surface area contributed by atoms with E-state index in [-0.39, 0.29) is 5.97 Å². The summed E-state index contributed by atoms with van der Waals surface area (Å²) in [5.41, 5.74) is 1.17. The first-order valence-electron chi connectivity index (χ1n) is 7.47. The summed E-state index contributed by atoms with van der Waals surface area (Å²) in [6.45, 7) is 9.45. The topological polar surface area (TPSA) is 101 Å². The SMILES string of the molecule is C=CC(=O)OCCCC.C=Cc1ccccc1.O=C(O)/C=C\C(=O)O. The number of carbonyl (C=O) groups is 3. The van der Waals surface area contributed by atoms with Gasteiger partial charge in [0.25, 0.3) is 0 Å². The van der Waals surface area contributed by atoms with Crippen molar-refractivity contribution >= 4 is 24.0 Å². The fraction of sp³-hybridized carbons (Fsp3) is 0.211. The third-order valence-corrected chi connectivity index (χ3v) is 2.31. The smallest absolute Gasteiger partial charge is 0.330 e. The van der Waals surface area contributed by atoms with Crippen molar-refractivity contribution < 1.29 is 29.3 Å². The summed E-state index contributed by atoms with van der Waals surface area (Å²) in [7, 11) is 0. The molecule has 0 heterocycles. The van der Waals surface area contributed by atoms with Crippen molar-refractivity contribution in [1.82, 2.24) is 0 Å². The van der Waals surface area contributed by atoms with E-state index in [1.807, 2.05) is 43.3 Å². The van der Waals surface area contributed by atoms with E-state index in [4.69, 9.17) is 10.2 Å². The first-order chi connectivity index (χ1) is 11.9. The molecule has 0 bridgehead atoms. The van der Waals surface area contributed by atoms with Crippen LogP contribution in [-0.2, 0) is 19.1 Å². The van der Waals surface area contributed by atoms with Crippen molar-refractivity contribution in [2.45, 2.75) is 19.8 Å². The molecule has 6 nitrogen and oxygen atoms in total. The van der Waals surface area contributed by atoms with Crippen molar-refractivity contribution in [2.75, 3.05) is 6.61 Å². The fourth-order valence-electron chi connectivity index (χ4n) is 1.11. The Labute approximate surface area is 147 Å². The van der Waals surface area contributed by atoms with Gasteiger partial charge in [-0.3, -0.25) is 0 Å². The maximum atomic E-state index is 10.3. The number of benzene rings is 1. The molecule has 0 radical (unpaired) electrons. The second-order valence-electron chi connectivity index (χ2n) is 4.35. The number of carboxylic acid groups (broad SMARTS) is 2. The van der Waals surface area contributed by atoms with E-state index in [1.165, 1.54) is 11.6 Å². The largest absolute Gasteiger partial charge is 0.478 e. The summed E-state index contributed by atoms with van der Waals surface area (Å²) in [6, 6.07) is 10.0. The van der Waals surface area contributed by atoms with E-state index < -0.39 is 11.9 Å². The summed E-state index contributed by atoms with van der Waals surface area (Å²) in [6.07, 6.45) is 6.10. The molecular formula is C19H24O6. The highest BCUT2D eigenvalue weighted by Crippen LogP contribution is 1.97. The number of unbranched alkanes of at least 4 members (excludes halogenated alkanes) is 1. The Kier molecular flexibility index (Phi) is 16.6. The number of carboxylic acids is 2. The summed E-state index contributed by atoms with van der Waals surface area (Å²) >= 11 is 0. The predicted molar refractivity (Wildman–Crippen MR) is 97.0 cm³/mol. The zero-order chi connectivity index (χ0) is 19.5. The number of esters is 1. The van der Waals surface area contributed by atoms with Crippen molar-refractivity contribution in [3.63, 3.8) is 0 Å². The lowest BCUT2D eigenvalue weighted by Crippen LogP contribution is -2.00. The average molecular weight is 348 g/mol. The monoisotopic (exact) mass is 348 g/mol. The van der Waals surface area contributed by atoms with E-state index in [0.717, 1.165) is 12.8 Å². The molecule has 0 saturated carbocycles. The maximum Gasteiger partial charge on any atom is 0.330 e. The molecule has 0 spiro atoms. The molecule has 1 aromatic rings. The van der Waals surface area contributed by atoms with Crippen LogP contribution in [0.25, 0.3) is 6.08 Å². The van der Waals surface area contributed by atoms with Crippen LogP contribution in [-0.4, -0.2) is 34.7 Å². The van der Waals surface area contributed by atoms with Crippen LogP contribution in [0.15, 0.2) is 61.7 Å². The Morgan fingerprint density at radius 2 is 1.56 bits per heavy atom. The van der Waals surface area contributed by atoms with Gasteiger partial charge in [0.1, 0.15) is 0 Å². The first kappa shape index (κ1) is 24.1. The van der Waals surface area contributed by atoms with Crippen molar-refractivity contribution in [2.24, 2.45) is 0 Å². The molecule has 0 unspecified atom stereocenters. The minimum Gasteiger partial charge on any atom is -0.478 e. The molecule has 25 heavy (non-hydrogen) atoms. The zero-order valence-electron chi connectivity index (χ0n) is 14.3. The van der Waals surface area contributed by atoms with E-state index in [9.17, 15) is 14.4 Å². The van der Waals surface area contributed by atoms with Crippen molar-refractivity contribution in [1.29, 1.82) is 0 Å². The van der Waals surface area contributed by atoms with Gasteiger partial charge in [-0.15, -0.1) is 0 Å². The lowest BCUT2D eigenvalue weighted by atomic mass is 10.2. The highest BCUT2D eigenvalue weighted by molar-refractivity contribution is 5.89. The molecule has 0 aliphatic rings. The summed E-state index contributed by atoms with van der Waals surface area (Å²) in [5, 5.41) is 15.6. The van der Waals surface area contributed by atoms with Gasteiger partial charge in [-0.2, -0.15) is 0 Å².